The topological polar surface area (TPSA) is 43.7 Å². The van der Waals surface area contributed by atoms with Gasteiger partial charge in [0.25, 0.3) is 0 Å². The van der Waals surface area contributed by atoms with Crippen LogP contribution in [-0.4, -0.2) is 47.0 Å². The number of nitrogens with zero attached hydrogens (tertiary/aromatic N) is 1. The summed E-state index contributed by atoms with van der Waals surface area (Å²) < 4.78 is 0. The van der Waals surface area contributed by atoms with Gasteiger partial charge in [0.15, 0.2) is 0 Å². The highest BCUT2D eigenvalue weighted by atomic mass is 16.3. The number of hydrogen-bond donors (Lipinski definition) is 2. The quantitative estimate of drug-likeness (QED) is 0.783. The van der Waals surface area contributed by atoms with Crippen LogP contribution in [0.5, 0.6) is 0 Å². The van der Waals surface area contributed by atoms with Gasteiger partial charge in [-0.25, -0.2) is 0 Å². The summed E-state index contributed by atoms with van der Waals surface area (Å²) in [6.45, 7) is 1.93. The molecule has 2 N–H and O–H groups in total. The van der Waals surface area contributed by atoms with Gasteiger partial charge in [-0.1, -0.05) is 0 Å². The normalized spacial score (nSPS) is 42.5. The lowest BCUT2D eigenvalue weighted by molar-refractivity contribution is -0.0170. The average molecular weight is 253 g/mol. The third kappa shape index (κ3) is 2.21. The maximum atomic E-state index is 9.31. The molecule has 4 bridgehead atoms. The van der Waals surface area contributed by atoms with E-state index in [-0.39, 0.29) is 13.2 Å². The van der Waals surface area contributed by atoms with Crippen LogP contribution in [0.1, 0.15) is 44.9 Å². The van der Waals surface area contributed by atoms with Gasteiger partial charge in [0.05, 0.1) is 13.2 Å². The first kappa shape index (κ1) is 12.9. The molecule has 0 radical (unpaired) electrons. The Hall–Kier alpha value is -0.120. The molecule has 0 amide bonds. The van der Waals surface area contributed by atoms with Gasteiger partial charge in [0.1, 0.15) is 0 Å². The second-order valence-electron chi connectivity index (χ2n) is 6.91. The van der Waals surface area contributed by atoms with Crippen LogP contribution < -0.4 is 0 Å². The first-order valence-corrected chi connectivity index (χ1v) is 7.72. The lowest BCUT2D eigenvalue weighted by Crippen LogP contribution is -2.54. The molecule has 4 aliphatic carbocycles. The molecule has 0 aliphatic heterocycles. The molecule has 0 saturated heterocycles. The molecule has 0 aromatic carbocycles. The molecule has 0 aromatic heterocycles. The summed E-state index contributed by atoms with van der Waals surface area (Å²) in [4.78, 5) is 2.42. The van der Waals surface area contributed by atoms with Gasteiger partial charge in [0, 0.05) is 18.6 Å². The minimum Gasteiger partial charge on any atom is -0.395 e. The average Bonchev–Trinajstić information content (AvgIpc) is 2.54. The zero-order valence-corrected chi connectivity index (χ0v) is 11.4. The van der Waals surface area contributed by atoms with E-state index in [0.717, 1.165) is 30.8 Å². The Kier molecular flexibility index (Phi) is 3.65. The van der Waals surface area contributed by atoms with Crippen LogP contribution >= 0.6 is 0 Å². The van der Waals surface area contributed by atoms with Crippen molar-refractivity contribution < 1.29 is 10.2 Å². The summed E-state index contributed by atoms with van der Waals surface area (Å²) in [5.41, 5.74) is 0.310. The van der Waals surface area contributed by atoms with E-state index in [1.165, 1.54) is 44.9 Å². The summed E-state index contributed by atoms with van der Waals surface area (Å²) in [6.07, 6.45) is 9.66. The molecule has 0 heterocycles. The summed E-state index contributed by atoms with van der Waals surface area (Å²) in [7, 11) is 0. The SMILES string of the molecule is OCCN(CCO)C12CCC3CC(CC(C3)C1)C2. The highest BCUT2D eigenvalue weighted by molar-refractivity contribution is 5.04. The van der Waals surface area contributed by atoms with Gasteiger partial charge < -0.3 is 10.2 Å². The minimum absolute atomic E-state index is 0.223. The Bertz CT molecular complexity index is 274. The molecule has 2 unspecified atom stereocenters. The Balaban J connectivity index is 1.82. The standard InChI is InChI=1S/C15H27NO2/c17-5-3-16(4-6-18)15-2-1-12-7-13(10-15)9-14(8-12)11-15/h12-14,17-18H,1-11H2. The fraction of sp³-hybridized carbons (Fsp3) is 1.00. The Labute approximate surface area is 110 Å². The van der Waals surface area contributed by atoms with Gasteiger partial charge in [-0.15, -0.1) is 0 Å². The van der Waals surface area contributed by atoms with E-state index < -0.39 is 0 Å². The third-order valence-corrected chi connectivity index (χ3v) is 5.77. The molecule has 4 rings (SSSR count). The minimum atomic E-state index is 0.223. The fourth-order valence-corrected chi connectivity index (χ4v) is 5.35. The summed E-state index contributed by atoms with van der Waals surface area (Å²) in [6, 6.07) is 0. The van der Waals surface area contributed by atoms with Crippen LogP contribution in [0, 0.1) is 17.8 Å². The van der Waals surface area contributed by atoms with Crippen molar-refractivity contribution in [1.29, 1.82) is 0 Å². The van der Waals surface area contributed by atoms with E-state index in [9.17, 15) is 10.2 Å². The largest absolute Gasteiger partial charge is 0.395 e. The van der Waals surface area contributed by atoms with Gasteiger partial charge in [-0.3, -0.25) is 4.90 Å². The summed E-state index contributed by atoms with van der Waals surface area (Å²) >= 11 is 0. The molecule has 4 saturated carbocycles. The lowest BCUT2D eigenvalue weighted by atomic mass is 9.64. The van der Waals surface area contributed by atoms with Gasteiger partial charge in [-0.2, -0.15) is 0 Å². The molecule has 3 nitrogen and oxygen atoms in total. The third-order valence-electron chi connectivity index (χ3n) is 5.77. The van der Waals surface area contributed by atoms with Crippen molar-refractivity contribution >= 4 is 0 Å². The molecule has 2 atom stereocenters. The summed E-state index contributed by atoms with van der Waals surface area (Å²) in [5.74, 6) is 2.82. The molecule has 0 spiro atoms. The Morgan fingerprint density at radius 1 is 0.889 bits per heavy atom. The van der Waals surface area contributed by atoms with Crippen LogP contribution in [0.3, 0.4) is 0 Å². The van der Waals surface area contributed by atoms with E-state index in [4.69, 9.17) is 0 Å². The maximum Gasteiger partial charge on any atom is 0.0558 e. The highest BCUT2D eigenvalue weighted by Gasteiger charge is 2.49. The zero-order chi connectivity index (χ0) is 12.6. The van der Waals surface area contributed by atoms with Crippen LogP contribution in [0.15, 0.2) is 0 Å². The van der Waals surface area contributed by atoms with Crippen molar-refractivity contribution in [2.45, 2.75) is 50.5 Å². The van der Waals surface area contributed by atoms with Crippen LogP contribution in [0.2, 0.25) is 0 Å². The Morgan fingerprint density at radius 2 is 1.44 bits per heavy atom. The van der Waals surface area contributed by atoms with Crippen molar-refractivity contribution in [2.75, 3.05) is 26.3 Å². The number of aliphatic hydroxyl groups is 2. The number of hydrogen-bond acceptors (Lipinski definition) is 3. The maximum absolute atomic E-state index is 9.31. The van der Waals surface area contributed by atoms with E-state index in [1.54, 1.807) is 0 Å². The molecule has 0 aromatic rings. The second-order valence-corrected chi connectivity index (χ2v) is 6.91. The van der Waals surface area contributed by atoms with E-state index in [1.807, 2.05) is 0 Å². The zero-order valence-electron chi connectivity index (χ0n) is 11.4. The first-order chi connectivity index (χ1) is 8.75. The number of aliphatic hydroxyl groups excluding tert-OH is 2. The smallest absolute Gasteiger partial charge is 0.0558 e. The second kappa shape index (κ2) is 5.10. The molecule has 4 fully saturated rings. The molecule has 18 heavy (non-hydrogen) atoms. The van der Waals surface area contributed by atoms with Crippen molar-refractivity contribution in [2.24, 2.45) is 17.8 Å². The number of fused-ring (bicyclic) bond motifs is 1. The Morgan fingerprint density at radius 3 is 2.00 bits per heavy atom. The fourth-order valence-electron chi connectivity index (χ4n) is 5.35. The van der Waals surface area contributed by atoms with Crippen molar-refractivity contribution in [1.82, 2.24) is 4.90 Å². The molecule has 3 heteroatoms. The molecule has 4 aliphatic rings. The van der Waals surface area contributed by atoms with Crippen molar-refractivity contribution in [3.8, 4) is 0 Å². The van der Waals surface area contributed by atoms with E-state index in [2.05, 4.69) is 4.90 Å². The van der Waals surface area contributed by atoms with E-state index >= 15 is 0 Å². The lowest BCUT2D eigenvalue weighted by Gasteiger charge is -2.51. The molecular formula is C15H27NO2. The predicted molar refractivity (Wildman–Crippen MR) is 71.3 cm³/mol. The van der Waals surface area contributed by atoms with Crippen molar-refractivity contribution in [3.63, 3.8) is 0 Å². The van der Waals surface area contributed by atoms with Gasteiger partial charge in [0.2, 0.25) is 0 Å². The molecule has 104 valence electrons. The summed E-state index contributed by atoms with van der Waals surface area (Å²) in [5, 5.41) is 18.6. The monoisotopic (exact) mass is 253 g/mol. The van der Waals surface area contributed by atoms with Crippen molar-refractivity contribution in [3.05, 3.63) is 0 Å². The van der Waals surface area contributed by atoms with Crippen LogP contribution in [0.4, 0.5) is 0 Å². The van der Waals surface area contributed by atoms with Crippen LogP contribution in [-0.2, 0) is 0 Å². The van der Waals surface area contributed by atoms with Gasteiger partial charge >= 0.3 is 0 Å². The number of β-amino-alcohol motifs (C(OH)–C–C–N with tert-alkyl or cyclic N) is 2. The number of rotatable bonds is 5. The highest BCUT2D eigenvalue weighted by Crippen LogP contribution is 2.54. The molecular weight excluding hydrogens is 226 g/mol. The van der Waals surface area contributed by atoms with E-state index in [0.29, 0.717) is 5.54 Å². The predicted octanol–water partition coefficient (Wildman–Crippen LogP) is 1.63. The first-order valence-electron chi connectivity index (χ1n) is 7.72. The van der Waals surface area contributed by atoms with Gasteiger partial charge in [-0.05, 0) is 62.7 Å². The van der Waals surface area contributed by atoms with Crippen LogP contribution in [0.25, 0.3) is 0 Å².